The summed E-state index contributed by atoms with van der Waals surface area (Å²) in [6, 6.07) is 5.81. The molecule has 3 heteroatoms. The molecule has 0 fully saturated rings. The molecule has 0 saturated heterocycles. The molecule has 1 unspecified atom stereocenters. The van der Waals surface area contributed by atoms with Gasteiger partial charge in [0.1, 0.15) is 5.84 Å². The van der Waals surface area contributed by atoms with Crippen molar-refractivity contribution >= 4 is 5.84 Å². The number of nitrogens with one attached hydrogen (secondary N) is 1. The van der Waals surface area contributed by atoms with Crippen LogP contribution in [0.1, 0.15) is 43.9 Å². The standard InChI is InChI=1S/C15H24N2O/c1-10(2)7-12(4)18-9-14-6-5-13(15(16)17)8-11(14)3/h5-6,8,10,12H,7,9H2,1-4H3,(H3,16,17). The highest BCUT2D eigenvalue weighted by Gasteiger charge is 2.07. The molecular weight excluding hydrogens is 224 g/mol. The van der Waals surface area contributed by atoms with Gasteiger partial charge in [0.15, 0.2) is 0 Å². The second kappa shape index (κ2) is 6.55. The highest BCUT2D eigenvalue weighted by atomic mass is 16.5. The molecule has 1 rings (SSSR count). The minimum Gasteiger partial charge on any atom is -0.384 e. The van der Waals surface area contributed by atoms with Crippen LogP contribution in [0.15, 0.2) is 18.2 Å². The predicted octanol–water partition coefficient (Wildman–Crippen LogP) is 3.23. The number of hydrogen-bond donors (Lipinski definition) is 2. The van der Waals surface area contributed by atoms with Gasteiger partial charge in [0.05, 0.1) is 12.7 Å². The third-order valence-electron chi connectivity index (χ3n) is 2.98. The summed E-state index contributed by atoms with van der Waals surface area (Å²) in [4.78, 5) is 0. The summed E-state index contributed by atoms with van der Waals surface area (Å²) in [6.45, 7) is 9.16. The summed E-state index contributed by atoms with van der Waals surface area (Å²) in [5.41, 5.74) is 8.52. The van der Waals surface area contributed by atoms with Gasteiger partial charge in [0.2, 0.25) is 0 Å². The van der Waals surface area contributed by atoms with Crippen LogP contribution in [0.2, 0.25) is 0 Å². The third kappa shape index (κ3) is 4.49. The molecule has 1 aromatic carbocycles. The van der Waals surface area contributed by atoms with Crippen molar-refractivity contribution in [2.45, 2.75) is 46.8 Å². The number of nitrogens with two attached hydrogens (primary N) is 1. The number of rotatable bonds is 6. The van der Waals surface area contributed by atoms with E-state index < -0.39 is 0 Å². The van der Waals surface area contributed by atoms with Gasteiger partial charge in [-0.2, -0.15) is 0 Å². The highest BCUT2D eigenvalue weighted by Crippen LogP contribution is 2.15. The van der Waals surface area contributed by atoms with Crippen molar-refractivity contribution in [1.29, 1.82) is 5.41 Å². The molecule has 0 radical (unpaired) electrons. The Kier molecular flexibility index (Phi) is 5.35. The van der Waals surface area contributed by atoms with E-state index in [2.05, 4.69) is 20.8 Å². The Morgan fingerprint density at radius 1 is 1.33 bits per heavy atom. The van der Waals surface area contributed by atoms with Crippen LogP contribution in [0, 0.1) is 18.3 Å². The number of ether oxygens (including phenoxy) is 1. The van der Waals surface area contributed by atoms with Crippen LogP contribution in [-0.4, -0.2) is 11.9 Å². The maximum Gasteiger partial charge on any atom is 0.122 e. The van der Waals surface area contributed by atoms with E-state index in [1.807, 2.05) is 25.1 Å². The van der Waals surface area contributed by atoms with E-state index in [1.54, 1.807) is 0 Å². The molecule has 0 spiro atoms. The van der Waals surface area contributed by atoms with Crippen molar-refractivity contribution in [3.05, 3.63) is 34.9 Å². The average Bonchev–Trinajstić information content (AvgIpc) is 2.26. The van der Waals surface area contributed by atoms with Crippen molar-refractivity contribution in [2.75, 3.05) is 0 Å². The number of amidine groups is 1. The molecule has 0 aliphatic rings. The van der Waals surface area contributed by atoms with Crippen LogP contribution in [0.25, 0.3) is 0 Å². The first-order valence-corrected chi connectivity index (χ1v) is 6.45. The van der Waals surface area contributed by atoms with Gasteiger partial charge in [-0.05, 0) is 43.4 Å². The molecule has 1 atom stereocenters. The highest BCUT2D eigenvalue weighted by molar-refractivity contribution is 5.95. The second-order valence-electron chi connectivity index (χ2n) is 5.31. The first kappa shape index (κ1) is 14.7. The molecule has 0 amide bonds. The molecule has 0 saturated carbocycles. The molecule has 3 N–H and O–H groups in total. The van der Waals surface area contributed by atoms with Gasteiger partial charge in [0, 0.05) is 5.56 Å². The molecule has 0 bridgehead atoms. The summed E-state index contributed by atoms with van der Waals surface area (Å²) < 4.78 is 5.84. The summed E-state index contributed by atoms with van der Waals surface area (Å²) >= 11 is 0. The van der Waals surface area contributed by atoms with Gasteiger partial charge in [-0.1, -0.05) is 26.0 Å². The summed E-state index contributed by atoms with van der Waals surface area (Å²) in [6.07, 6.45) is 1.35. The van der Waals surface area contributed by atoms with Gasteiger partial charge < -0.3 is 10.5 Å². The molecular formula is C15H24N2O. The van der Waals surface area contributed by atoms with E-state index in [0.29, 0.717) is 12.5 Å². The number of aryl methyl sites for hydroxylation is 1. The number of nitrogen functional groups attached to an aromatic ring is 1. The van der Waals surface area contributed by atoms with Crippen molar-refractivity contribution in [1.82, 2.24) is 0 Å². The lowest BCUT2D eigenvalue weighted by Gasteiger charge is -2.16. The molecule has 0 aliphatic carbocycles. The van der Waals surface area contributed by atoms with E-state index in [0.717, 1.165) is 23.1 Å². The maximum absolute atomic E-state index is 7.40. The van der Waals surface area contributed by atoms with Crippen molar-refractivity contribution < 1.29 is 4.74 Å². The average molecular weight is 248 g/mol. The molecule has 3 nitrogen and oxygen atoms in total. The van der Waals surface area contributed by atoms with E-state index in [9.17, 15) is 0 Å². The minimum absolute atomic E-state index is 0.110. The van der Waals surface area contributed by atoms with E-state index >= 15 is 0 Å². The first-order valence-electron chi connectivity index (χ1n) is 6.45. The van der Waals surface area contributed by atoms with Crippen LogP contribution in [0.3, 0.4) is 0 Å². The lowest BCUT2D eigenvalue weighted by atomic mass is 10.0. The first-order chi connectivity index (χ1) is 8.40. The van der Waals surface area contributed by atoms with Gasteiger partial charge in [0.25, 0.3) is 0 Å². The second-order valence-corrected chi connectivity index (χ2v) is 5.31. The molecule has 0 aliphatic heterocycles. The van der Waals surface area contributed by atoms with Crippen LogP contribution in [-0.2, 0) is 11.3 Å². The lowest BCUT2D eigenvalue weighted by Crippen LogP contribution is -2.13. The predicted molar refractivity (Wildman–Crippen MR) is 75.9 cm³/mol. The molecule has 100 valence electrons. The smallest absolute Gasteiger partial charge is 0.122 e. The molecule has 0 heterocycles. The van der Waals surface area contributed by atoms with Gasteiger partial charge in [-0.25, -0.2) is 0 Å². The van der Waals surface area contributed by atoms with Crippen molar-refractivity contribution in [3.63, 3.8) is 0 Å². The largest absolute Gasteiger partial charge is 0.384 e. The minimum atomic E-state index is 0.110. The summed E-state index contributed by atoms with van der Waals surface area (Å²) in [7, 11) is 0. The van der Waals surface area contributed by atoms with E-state index in [-0.39, 0.29) is 11.9 Å². The molecule has 0 aromatic heterocycles. The SMILES string of the molecule is Cc1cc(C(=N)N)ccc1COC(C)CC(C)C. The van der Waals surface area contributed by atoms with Crippen LogP contribution >= 0.6 is 0 Å². The Morgan fingerprint density at radius 2 is 2.00 bits per heavy atom. The molecule has 1 aromatic rings. The summed E-state index contributed by atoms with van der Waals surface area (Å²) in [5.74, 6) is 0.764. The quantitative estimate of drug-likeness (QED) is 0.600. The Hall–Kier alpha value is -1.35. The maximum atomic E-state index is 7.40. The van der Waals surface area contributed by atoms with Crippen LogP contribution < -0.4 is 5.73 Å². The van der Waals surface area contributed by atoms with E-state index in [4.69, 9.17) is 15.9 Å². The van der Waals surface area contributed by atoms with Crippen LogP contribution in [0.5, 0.6) is 0 Å². The fraction of sp³-hybridized carbons (Fsp3) is 0.533. The molecule has 18 heavy (non-hydrogen) atoms. The normalized spacial score (nSPS) is 12.7. The Bertz CT molecular complexity index is 413. The van der Waals surface area contributed by atoms with Crippen molar-refractivity contribution in [3.8, 4) is 0 Å². The summed E-state index contributed by atoms with van der Waals surface area (Å²) in [5, 5.41) is 7.40. The van der Waals surface area contributed by atoms with Gasteiger partial charge in [-0.15, -0.1) is 0 Å². The zero-order valence-electron chi connectivity index (χ0n) is 11.8. The number of benzene rings is 1. The topological polar surface area (TPSA) is 59.1 Å². The van der Waals surface area contributed by atoms with Gasteiger partial charge in [-0.3, -0.25) is 5.41 Å². The zero-order valence-corrected chi connectivity index (χ0v) is 11.8. The Labute approximate surface area is 110 Å². The fourth-order valence-electron chi connectivity index (χ4n) is 1.99. The van der Waals surface area contributed by atoms with E-state index in [1.165, 1.54) is 0 Å². The zero-order chi connectivity index (χ0) is 13.7. The van der Waals surface area contributed by atoms with Crippen molar-refractivity contribution in [2.24, 2.45) is 11.7 Å². The third-order valence-corrected chi connectivity index (χ3v) is 2.98. The van der Waals surface area contributed by atoms with Crippen LogP contribution in [0.4, 0.5) is 0 Å². The lowest BCUT2D eigenvalue weighted by molar-refractivity contribution is 0.0394. The number of hydrogen-bond acceptors (Lipinski definition) is 2. The van der Waals surface area contributed by atoms with Gasteiger partial charge >= 0.3 is 0 Å². The monoisotopic (exact) mass is 248 g/mol. The Balaban J connectivity index is 2.60. The fourth-order valence-corrected chi connectivity index (χ4v) is 1.99. The Morgan fingerprint density at radius 3 is 2.50 bits per heavy atom.